The smallest absolute Gasteiger partial charge is 0.341 e. The number of aliphatic carboxylic acids is 1. The summed E-state index contributed by atoms with van der Waals surface area (Å²) in [5.41, 5.74) is 2.94. The molecule has 6 nitrogen and oxygen atoms in total. The van der Waals surface area contributed by atoms with Crippen molar-refractivity contribution in [3.63, 3.8) is 0 Å². The number of nitrogens with zero attached hydrogens (tertiary/aromatic N) is 1. The zero-order valence-electron chi connectivity index (χ0n) is 14.5. The van der Waals surface area contributed by atoms with Gasteiger partial charge >= 0.3 is 5.97 Å². The van der Waals surface area contributed by atoms with Gasteiger partial charge in [0, 0.05) is 12.7 Å². The molecule has 0 fully saturated rings. The number of hydrogen-bond acceptors (Lipinski definition) is 4. The highest BCUT2D eigenvalue weighted by Gasteiger charge is 2.12. The summed E-state index contributed by atoms with van der Waals surface area (Å²) in [6.45, 7) is 3.53. The summed E-state index contributed by atoms with van der Waals surface area (Å²) < 4.78 is 10.6. The lowest BCUT2D eigenvalue weighted by atomic mass is 10.1. The molecule has 0 atom stereocenters. The number of carboxylic acids is 1. The molecule has 0 radical (unpaired) electrons. The fourth-order valence-corrected chi connectivity index (χ4v) is 2.10. The third-order valence-corrected chi connectivity index (χ3v) is 3.80. The lowest BCUT2D eigenvalue weighted by Gasteiger charge is -2.18. The summed E-state index contributed by atoms with van der Waals surface area (Å²) in [5, 5.41) is 8.58. The summed E-state index contributed by atoms with van der Waals surface area (Å²) in [5.74, 6) is -0.155. The van der Waals surface area contributed by atoms with Crippen LogP contribution in [0.1, 0.15) is 11.1 Å². The number of benzene rings is 2. The number of carboxylic acid groups (broad SMARTS) is 1. The van der Waals surface area contributed by atoms with Gasteiger partial charge in [-0.05, 0) is 61.4 Å². The van der Waals surface area contributed by atoms with Gasteiger partial charge in [-0.3, -0.25) is 4.79 Å². The van der Waals surface area contributed by atoms with Gasteiger partial charge in [-0.1, -0.05) is 6.07 Å². The molecule has 2 aromatic rings. The molecule has 0 saturated carbocycles. The van der Waals surface area contributed by atoms with Crippen LogP contribution in [-0.4, -0.2) is 37.2 Å². The van der Waals surface area contributed by atoms with Crippen molar-refractivity contribution in [2.75, 3.05) is 25.2 Å². The zero-order chi connectivity index (χ0) is 18.4. The predicted molar refractivity (Wildman–Crippen MR) is 94.4 cm³/mol. The molecule has 132 valence electrons. The van der Waals surface area contributed by atoms with Crippen LogP contribution in [0.3, 0.4) is 0 Å². The predicted octanol–water partition coefficient (Wildman–Crippen LogP) is 2.81. The third kappa shape index (κ3) is 5.24. The van der Waals surface area contributed by atoms with Crippen LogP contribution >= 0.6 is 0 Å². The fourth-order valence-electron chi connectivity index (χ4n) is 2.10. The first-order chi connectivity index (χ1) is 11.9. The van der Waals surface area contributed by atoms with Crippen LogP contribution in [0.2, 0.25) is 0 Å². The minimum atomic E-state index is -1.04. The van der Waals surface area contributed by atoms with E-state index in [1.807, 2.05) is 32.0 Å². The lowest BCUT2D eigenvalue weighted by molar-refractivity contribution is -0.139. The number of likely N-dealkylation sites (N-methyl/N-ethyl adjacent to an activating group) is 1. The van der Waals surface area contributed by atoms with Gasteiger partial charge in [0.1, 0.15) is 11.5 Å². The maximum absolute atomic E-state index is 12.3. The van der Waals surface area contributed by atoms with Gasteiger partial charge in [-0.2, -0.15) is 0 Å². The number of rotatable bonds is 7. The SMILES string of the molecule is Cc1ccc(OCC(=O)N(C)c2ccc(OCC(=O)O)cc2)cc1C. The molecule has 0 aliphatic carbocycles. The van der Waals surface area contributed by atoms with Crippen LogP contribution in [0.25, 0.3) is 0 Å². The number of amides is 1. The second-order valence-corrected chi connectivity index (χ2v) is 5.66. The van der Waals surface area contributed by atoms with E-state index in [2.05, 4.69) is 0 Å². The van der Waals surface area contributed by atoms with Gasteiger partial charge in [0.25, 0.3) is 5.91 Å². The van der Waals surface area contributed by atoms with E-state index in [0.29, 0.717) is 17.2 Å². The van der Waals surface area contributed by atoms with Gasteiger partial charge in [-0.15, -0.1) is 0 Å². The number of hydrogen-bond donors (Lipinski definition) is 1. The van der Waals surface area contributed by atoms with E-state index in [1.54, 1.807) is 31.3 Å². The second kappa shape index (κ2) is 8.19. The molecule has 1 N–H and O–H groups in total. The Hall–Kier alpha value is -3.02. The monoisotopic (exact) mass is 343 g/mol. The van der Waals surface area contributed by atoms with Crippen molar-refractivity contribution < 1.29 is 24.2 Å². The molecule has 6 heteroatoms. The van der Waals surface area contributed by atoms with Gasteiger partial charge in [0.05, 0.1) is 0 Å². The van der Waals surface area contributed by atoms with E-state index in [4.69, 9.17) is 14.6 Å². The molecule has 0 aromatic heterocycles. The maximum Gasteiger partial charge on any atom is 0.341 e. The minimum Gasteiger partial charge on any atom is -0.484 e. The zero-order valence-corrected chi connectivity index (χ0v) is 14.5. The number of ether oxygens (including phenoxy) is 2. The van der Waals surface area contributed by atoms with Gasteiger partial charge in [0.15, 0.2) is 13.2 Å². The van der Waals surface area contributed by atoms with Crippen molar-refractivity contribution >= 4 is 17.6 Å². The Balaban J connectivity index is 1.92. The summed E-state index contributed by atoms with van der Waals surface area (Å²) >= 11 is 0. The summed E-state index contributed by atoms with van der Waals surface area (Å²) in [4.78, 5) is 24.2. The van der Waals surface area contributed by atoms with Crippen molar-refractivity contribution in [1.29, 1.82) is 0 Å². The normalized spacial score (nSPS) is 10.2. The Morgan fingerprint density at radius 3 is 2.12 bits per heavy atom. The molecule has 0 aliphatic heterocycles. The molecule has 0 bridgehead atoms. The molecule has 0 saturated heterocycles. The number of aryl methyl sites for hydroxylation is 2. The van der Waals surface area contributed by atoms with Gasteiger partial charge in [-0.25, -0.2) is 4.79 Å². The average Bonchev–Trinajstić information content (AvgIpc) is 2.60. The van der Waals surface area contributed by atoms with Crippen LogP contribution < -0.4 is 14.4 Å². The Kier molecular flexibility index (Phi) is 6.00. The molecule has 0 spiro atoms. The van der Waals surface area contributed by atoms with Crippen LogP contribution in [-0.2, 0) is 9.59 Å². The molecule has 0 unspecified atom stereocenters. The molecule has 0 heterocycles. The molecular weight excluding hydrogens is 322 g/mol. The van der Waals surface area contributed by atoms with Crippen molar-refractivity contribution in [3.05, 3.63) is 53.6 Å². The first-order valence-corrected chi connectivity index (χ1v) is 7.78. The Bertz CT molecular complexity index is 755. The lowest BCUT2D eigenvalue weighted by Crippen LogP contribution is -2.31. The summed E-state index contributed by atoms with van der Waals surface area (Å²) in [7, 11) is 1.65. The molecule has 0 aliphatic rings. The van der Waals surface area contributed by atoms with Crippen LogP contribution in [0, 0.1) is 13.8 Å². The summed E-state index contributed by atoms with van der Waals surface area (Å²) in [6, 6.07) is 12.3. The van der Waals surface area contributed by atoms with Crippen molar-refractivity contribution in [2.24, 2.45) is 0 Å². The molecular formula is C19H21NO5. The summed E-state index contributed by atoms with van der Waals surface area (Å²) in [6.07, 6.45) is 0. The van der Waals surface area contributed by atoms with E-state index >= 15 is 0 Å². The average molecular weight is 343 g/mol. The topological polar surface area (TPSA) is 76.1 Å². The molecule has 25 heavy (non-hydrogen) atoms. The van der Waals surface area contributed by atoms with E-state index in [1.165, 1.54) is 10.5 Å². The van der Waals surface area contributed by atoms with Crippen LogP contribution in [0.4, 0.5) is 5.69 Å². The van der Waals surface area contributed by atoms with Crippen molar-refractivity contribution in [2.45, 2.75) is 13.8 Å². The highest BCUT2D eigenvalue weighted by Crippen LogP contribution is 2.20. The Morgan fingerprint density at radius 1 is 0.920 bits per heavy atom. The highest BCUT2D eigenvalue weighted by molar-refractivity contribution is 5.93. The number of anilines is 1. The number of carbonyl (C=O) groups excluding carboxylic acids is 1. The first-order valence-electron chi connectivity index (χ1n) is 7.78. The quantitative estimate of drug-likeness (QED) is 0.836. The molecule has 1 amide bonds. The standard InChI is InChI=1S/C19H21NO5/c1-13-4-7-17(10-14(13)2)24-11-18(21)20(3)15-5-8-16(9-6-15)25-12-19(22)23/h4-10H,11-12H2,1-3H3,(H,22,23). The van der Waals surface area contributed by atoms with Crippen LogP contribution in [0.15, 0.2) is 42.5 Å². The number of carbonyl (C=O) groups is 2. The molecule has 2 rings (SSSR count). The largest absolute Gasteiger partial charge is 0.484 e. The maximum atomic E-state index is 12.3. The Morgan fingerprint density at radius 2 is 1.52 bits per heavy atom. The van der Waals surface area contributed by atoms with Crippen molar-refractivity contribution in [3.8, 4) is 11.5 Å². The van der Waals surface area contributed by atoms with E-state index in [-0.39, 0.29) is 12.5 Å². The molecule has 2 aromatic carbocycles. The van der Waals surface area contributed by atoms with E-state index in [0.717, 1.165) is 5.56 Å². The van der Waals surface area contributed by atoms with E-state index in [9.17, 15) is 9.59 Å². The minimum absolute atomic E-state index is 0.0731. The van der Waals surface area contributed by atoms with E-state index < -0.39 is 12.6 Å². The van der Waals surface area contributed by atoms with Crippen molar-refractivity contribution in [1.82, 2.24) is 0 Å². The first kappa shape index (κ1) is 18.3. The van der Waals surface area contributed by atoms with Gasteiger partial charge < -0.3 is 19.5 Å². The fraction of sp³-hybridized carbons (Fsp3) is 0.263. The highest BCUT2D eigenvalue weighted by atomic mass is 16.5. The third-order valence-electron chi connectivity index (χ3n) is 3.80. The Labute approximate surface area is 146 Å². The van der Waals surface area contributed by atoms with Gasteiger partial charge in [0.2, 0.25) is 0 Å². The second-order valence-electron chi connectivity index (χ2n) is 5.66. The van der Waals surface area contributed by atoms with Crippen LogP contribution in [0.5, 0.6) is 11.5 Å².